The summed E-state index contributed by atoms with van der Waals surface area (Å²) in [5.74, 6) is -1.11. The molecule has 12 N–H and O–H groups in total. The van der Waals surface area contributed by atoms with Crippen molar-refractivity contribution >= 4 is 0 Å². The van der Waals surface area contributed by atoms with Crippen LogP contribution >= 0.6 is 0 Å². The highest BCUT2D eigenvalue weighted by molar-refractivity contribution is 5.22. The van der Waals surface area contributed by atoms with Gasteiger partial charge in [0.1, 0.15) is 67.1 Å². The van der Waals surface area contributed by atoms with Gasteiger partial charge in [-0.15, -0.1) is 0 Å². The van der Waals surface area contributed by atoms with Crippen LogP contribution in [0.3, 0.4) is 0 Å². The minimum Gasteiger partial charge on any atom is -0.394 e. The van der Waals surface area contributed by atoms with Gasteiger partial charge in [-0.2, -0.15) is 0 Å². The van der Waals surface area contributed by atoms with E-state index in [4.69, 9.17) is 28.4 Å². The molecule has 0 amide bonds. The minimum absolute atomic E-state index is 0.0828. The van der Waals surface area contributed by atoms with E-state index in [2.05, 4.69) is 26.8 Å². The average molecular weight is 933 g/mol. The second kappa shape index (κ2) is 19.0. The van der Waals surface area contributed by atoms with Crippen LogP contribution in [0.5, 0.6) is 0 Å². The van der Waals surface area contributed by atoms with Crippen LogP contribution in [-0.2, 0) is 28.4 Å². The fraction of sp³-hybridized carbons (Fsp3) is 0.957. The van der Waals surface area contributed by atoms with Crippen molar-refractivity contribution in [1.29, 1.82) is 0 Å². The van der Waals surface area contributed by atoms with Crippen LogP contribution in [0.1, 0.15) is 107 Å². The molecule has 0 spiro atoms. The summed E-state index contributed by atoms with van der Waals surface area (Å²) in [7, 11) is 0. The van der Waals surface area contributed by atoms with Gasteiger partial charge in [0.2, 0.25) is 0 Å². The highest BCUT2D eigenvalue weighted by Gasteiger charge is 2.74. The summed E-state index contributed by atoms with van der Waals surface area (Å²) in [5, 5.41) is 131. The van der Waals surface area contributed by atoms with Crippen molar-refractivity contribution in [3.05, 3.63) is 11.6 Å². The lowest BCUT2D eigenvalue weighted by Gasteiger charge is -2.72. The van der Waals surface area contributed by atoms with Gasteiger partial charge in [0.15, 0.2) is 18.9 Å². The molecule has 7 rings (SSSR count). The van der Waals surface area contributed by atoms with Gasteiger partial charge in [0.05, 0.1) is 43.7 Å². The molecule has 376 valence electrons. The molecule has 7 aliphatic rings. The molecule has 0 radical (unpaired) electrons. The van der Waals surface area contributed by atoms with Gasteiger partial charge in [-0.1, -0.05) is 46.3 Å². The molecule has 3 aliphatic heterocycles. The summed E-state index contributed by atoms with van der Waals surface area (Å²) in [6, 6.07) is 0. The highest BCUT2D eigenvalue weighted by atomic mass is 16.8. The Kier molecular flexibility index (Phi) is 15.1. The summed E-state index contributed by atoms with van der Waals surface area (Å²) in [4.78, 5) is 0. The summed E-state index contributed by atoms with van der Waals surface area (Å²) in [6.07, 6.45) is -17.2. The number of ether oxygens (including phenoxy) is 6. The molecule has 4 saturated carbocycles. The molecule has 3 heterocycles. The number of aliphatic hydroxyl groups is 12. The smallest absolute Gasteiger partial charge is 0.187 e. The monoisotopic (exact) mass is 933 g/mol. The van der Waals surface area contributed by atoms with Gasteiger partial charge in [-0.05, 0) is 117 Å². The van der Waals surface area contributed by atoms with E-state index < -0.39 is 145 Å². The molecule has 18 nitrogen and oxygen atoms in total. The fourth-order valence-electron chi connectivity index (χ4n) is 14.6. The van der Waals surface area contributed by atoms with Gasteiger partial charge in [0, 0.05) is 0 Å². The van der Waals surface area contributed by atoms with Crippen molar-refractivity contribution in [2.45, 2.75) is 217 Å². The van der Waals surface area contributed by atoms with Gasteiger partial charge in [-0.3, -0.25) is 0 Å². The highest BCUT2D eigenvalue weighted by Crippen LogP contribution is 2.76. The third-order valence-corrected chi connectivity index (χ3v) is 18.3. The lowest BCUT2D eigenvalue weighted by Crippen LogP contribution is -2.71. The van der Waals surface area contributed by atoms with Crippen molar-refractivity contribution < 1.29 is 89.7 Å². The fourth-order valence-corrected chi connectivity index (χ4v) is 14.6. The SMILES string of the molecule is CC(C)=CCC[C@](C)(O[C@@H]1O[C@H](CO)[C@@H](O)[C@H](O)[C@H]1O)[C@H]1CC[C@]2(C)[C@@H]1[C@H](O)C[C@@H]1[C@@]3(C)CC[C@H](O)C(C)(C)[C@@H]3C(O[C@@H]3O[C@H](CO)[C@@H](O)[C@H](O)[C@H]3O[C@@H]3OC[C@@H](O)[C@H](O)[C@H]3O)C[C@]12C. The topological polar surface area (TPSA) is 298 Å². The van der Waals surface area contributed by atoms with E-state index >= 15 is 0 Å². The van der Waals surface area contributed by atoms with Crippen LogP contribution in [0.15, 0.2) is 11.6 Å². The van der Waals surface area contributed by atoms with Crippen molar-refractivity contribution in [2.24, 2.45) is 45.3 Å². The number of fused-ring (bicyclic) bond motifs is 5. The molecule has 0 aromatic heterocycles. The zero-order valence-electron chi connectivity index (χ0n) is 39.3. The first-order valence-electron chi connectivity index (χ1n) is 23.9. The minimum atomic E-state index is -1.73. The first-order valence-corrected chi connectivity index (χ1v) is 23.9. The maximum absolute atomic E-state index is 12.7. The maximum atomic E-state index is 12.7. The summed E-state index contributed by atoms with van der Waals surface area (Å²) in [6.45, 7) is 15.0. The summed E-state index contributed by atoms with van der Waals surface area (Å²) >= 11 is 0. The number of aliphatic hydroxyl groups excluding tert-OH is 12. The molecule has 18 heteroatoms. The molecule has 0 aromatic rings. The number of hydrogen-bond donors (Lipinski definition) is 12. The van der Waals surface area contributed by atoms with Crippen molar-refractivity contribution in [2.75, 3.05) is 19.8 Å². The predicted molar refractivity (Wildman–Crippen MR) is 229 cm³/mol. The van der Waals surface area contributed by atoms with Crippen LogP contribution < -0.4 is 0 Å². The first kappa shape index (κ1) is 51.9. The Hall–Kier alpha value is -0.980. The third-order valence-electron chi connectivity index (χ3n) is 18.3. The van der Waals surface area contributed by atoms with E-state index in [-0.39, 0.29) is 30.3 Å². The Bertz CT molecular complexity index is 1660. The standard InChI is InChI=1S/C47H80O18/c1-21(2)10-9-13-47(8,65-41-37(59)34(56)32(54)26(18-48)62-41)22-11-15-45(6)30(22)23(50)16-28-44(5)14-12-29(52)43(3,4)39(44)25(17-46(28,45)7)61-42-38(35(57)33(55)27(19-49)63-42)64-40-36(58)31(53)24(51)20-60-40/h10,22-42,48-59H,9,11-20H2,1-8H3/t22-,23+,24+,25?,26+,27+,28+,29-,30-,31-,32+,33+,34-,35-,36+,37+,38+,39-,40-,41-,42+,44+,45+,46+,47-/m0/s1. The van der Waals surface area contributed by atoms with Crippen LogP contribution in [0.4, 0.5) is 0 Å². The Labute approximate surface area is 382 Å². The second-order valence-electron chi connectivity index (χ2n) is 22.6. The van der Waals surface area contributed by atoms with Crippen LogP contribution in [0, 0.1) is 45.3 Å². The predicted octanol–water partition coefficient (Wildman–Crippen LogP) is -0.417. The quantitative estimate of drug-likeness (QED) is 0.0874. The molecule has 0 bridgehead atoms. The first-order chi connectivity index (χ1) is 30.3. The number of hydrogen-bond acceptors (Lipinski definition) is 18. The van der Waals surface area contributed by atoms with E-state index in [0.29, 0.717) is 51.4 Å². The Morgan fingerprint density at radius 3 is 1.94 bits per heavy atom. The van der Waals surface area contributed by atoms with Gasteiger partial charge >= 0.3 is 0 Å². The molecule has 65 heavy (non-hydrogen) atoms. The normalized spacial score (nSPS) is 53.0. The molecule has 3 saturated heterocycles. The second-order valence-corrected chi connectivity index (χ2v) is 22.6. The third kappa shape index (κ3) is 8.72. The number of rotatable bonds is 12. The molecular formula is C47H80O18. The van der Waals surface area contributed by atoms with Crippen LogP contribution in [0.25, 0.3) is 0 Å². The zero-order valence-corrected chi connectivity index (χ0v) is 39.3. The average Bonchev–Trinajstić information content (AvgIpc) is 3.63. The largest absolute Gasteiger partial charge is 0.394 e. The lowest BCUT2D eigenvalue weighted by molar-refractivity contribution is -0.377. The van der Waals surface area contributed by atoms with Gasteiger partial charge < -0.3 is 89.7 Å². The molecular weight excluding hydrogens is 852 g/mol. The summed E-state index contributed by atoms with van der Waals surface area (Å²) in [5.41, 5.74) is -2.41. The van der Waals surface area contributed by atoms with E-state index in [1.165, 1.54) is 0 Å². The molecule has 1 unspecified atom stereocenters. The van der Waals surface area contributed by atoms with E-state index in [1.54, 1.807) is 0 Å². The molecule has 7 fully saturated rings. The number of allylic oxidation sites excluding steroid dienone is 2. The Morgan fingerprint density at radius 1 is 0.692 bits per heavy atom. The maximum Gasteiger partial charge on any atom is 0.187 e. The lowest BCUT2D eigenvalue weighted by atomic mass is 9.34. The zero-order chi connectivity index (χ0) is 47.9. The van der Waals surface area contributed by atoms with E-state index in [9.17, 15) is 61.3 Å². The van der Waals surface area contributed by atoms with Crippen LogP contribution in [-0.4, -0.2) is 191 Å². The van der Waals surface area contributed by atoms with E-state index in [0.717, 1.165) is 5.57 Å². The van der Waals surface area contributed by atoms with Crippen molar-refractivity contribution in [3.8, 4) is 0 Å². The molecule has 0 aromatic carbocycles. The van der Waals surface area contributed by atoms with Crippen molar-refractivity contribution in [3.63, 3.8) is 0 Å². The van der Waals surface area contributed by atoms with Gasteiger partial charge in [-0.25, -0.2) is 0 Å². The Balaban J connectivity index is 1.27. The van der Waals surface area contributed by atoms with Crippen molar-refractivity contribution in [1.82, 2.24) is 0 Å². The Morgan fingerprint density at radius 2 is 1.31 bits per heavy atom. The molecule has 25 atom stereocenters. The van der Waals surface area contributed by atoms with Gasteiger partial charge in [0.25, 0.3) is 0 Å². The summed E-state index contributed by atoms with van der Waals surface area (Å²) < 4.78 is 37.7. The van der Waals surface area contributed by atoms with Crippen LogP contribution in [0.2, 0.25) is 0 Å². The molecule has 4 aliphatic carbocycles. The van der Waals surface area contributed by atoms with E-state index in [1.807, 2.05) is 34.6 Å².